The number of aliphatic carboxylic acids is 1. The van der Waals surface area contributed by atoms with E-state index in [1.165, 1.54) is 12.0 Å². The van der Waals surface area contributed by atoms with Gasteiger partial charge >= 0.3 is 5.97 Å². The van der Waals surface area contributed by atoms with Crippen molar-refractivity contribution < 1.29 is 32.9 Å². The van der Waals surface area contributed by atoms with E-state index in [4.69, 9.17) is 20.6 Å². The molecular formula is C27H30N4O7S. The molecule has 11 nitrogen and oxygen atoms in total. The maximum atomic E-state index is 13.7. The van der Waals surface area contributed by atoms with E-state index in [2.05, 4.69) is 0 Å². The van der Waals surface area contributed by atoms with E-state index in [9.17, 15) is 23.5 Å². The number of nitrogens with one attached hydrogen (secondary N) is 1. The van der Waals surface area contributed by atoms with Crippen LogP contribution in [0.4, 0.5) is 5.69 Å². The number of ether oxygens (including phenoxy) is 2. The van der Waals surface area contributed by atoms with Gasteiger partial charge < -0.3 is 25.2 Å². The lowest BCUT2D eigenvalue weighted by Crippen LogP contribution is -2.58. The van der Waals surface area contributed by atoms with Gasteiger partial charge in [-0.15, -0.1) is 0 Å². The molecule has 39 heavy (non-hydrogen) atoms. The molecule has 3 atom stereocenters. The number of rotatable bonds is 10. The Kier molecular flexibility index (Phi) is 8.36. The topological polar surface area (TPSA) is 166 Å². The van der Waals surface area contributed by atoms with Crippen molar-refractivity contribution in [3.05, 3.63) is 65.7 Å². The summed E-state index contributed by atoms with van der Waals surface area (Å²) in [7, 11) is 3.02. The number of nitrogens with zero attached hydrogens (tertiary/aromatic N) is 2. The number of carboxylic acids is 1. The fraction of sp³-hybridized carbons (Fsp3) is 0.296. The lowest BCUT2D eigenvalue weighted by atomic mass is 9.97. The number of nitrogen functional groups attached to an aromatic ring is 1. The zero-order valence-corrected chi connectivity index (χ0v) is 22.3. The average molecular weight is 555 g/mol. The van der Waals surface area contributed by atoms with Crippen LogP contribution in [0.1, 0.15) is 24.0 Å². The van der Waals surface area contributed by atoms with Crippen molar-refractivity contribution >= 4 is 45.4 Å². The highest BCUT2D eigenvalue weighted by atomic mass is 32.2. The predicted molar refractivity (Wildman–Crippen MR) is 148 cm³/mol. The van der Waals surface area contributed by atoms with Crippen LogP contribution in [0.15, 0.2) is 54.6 Å². The number of carbonyl (C=O) groups is 2. The zero-order chi connectivity index (χ0) is 28.3. The van der Waals surface area contributed by atoms with Gasteiger partial charge in [-0.2, -0.15) is 0 Å². The molecule has 3 aromatic carbocycles. The van der Waals surface area contributed by atoms with Gasteiger partial charge in [0.1, 0.15) is 29.4 Å². The number of amides is 1. The van der Waals surface area contributed by atoms with Gasteiger partial charge in [-0.3, -0.25) is 19.1 Å². The number of carbonyl (C=O) groups excluding carboxylic acids is 1. The average Bonchev–Trinajstić information content (AvgIpc) is 2.92. The normalized spacial score (nSPS) is 16.9. The second kappa shape index (κ2) is 11.7. The van der Waals surface area contributed by atoms with Crippen LogP contribution in [0.3, 0.4) is 0 Å². The summed E-state index contributed by atoms with van der Waals surface area (Å²) in [6, 6.07) is 12.9. The largest absolute Gasteiger partial charge is 0.497 e. The molecule has 1 heterocycles. The Morgan fingerprint density at radius 2 is 1.90 bits per heavy atom. The monoisotopic (exact) mass is 554 g/mol. The first-order chi connectivity index (χ1) is 18.6. The van der Waals surface area contributed by atoms with E-state index in [1.807, 2.05) is 0 Å². The minimum absolute atomic E-state index is 0.0276. The third-order valence-electron chi connectivity index (χ3n) is 6.83. The molecule has 1 aliphatic heterocycles. The number of amidine groups is 1. The van der Waals surface area contributed by atoms with Crippen LogP contribution in [-0.2, 0) is 27.3 Å². The summed E-state index contributed by atoms with van der Waals surface area (Å²) in [6.07, 6.45) is 0.739. The van der Waals surface area contributed by atoms with E-state index in [0.717, 1.165) is 9.69 Å². The standard InChI is InChI=1S/C27H30N4O7S/c1-37-20-10-9-18-13-19(14-24(38-2)21(18)15-20)31(39(35)36)22-4-3-11-30(26(22)32)23(27(33)34)12-16-5-7-17(8-6-16)25(28)29/h5-10,13-15,22-23H,3-4,11-12H2,1-2H3,(H3,28,29)(H,33,34)(H,35,36). The van der Waals surface area contributed by atoms with Crippen LogP contribution in [0.2, 0.25) is 0 Å². The van der Waals surface area contributed by atoms with Gasteiger partial charge in [0.2, 0.25) is 5.91 Å². The Bertz CT molecular complexity index is 1430. The molecule has 0 spiro atoms. The molecule has 12 heteroatoms. The third kappa shape index (κ3) is 5.81. The van der Waals surface area contributed by atoms with Crippen molar-refractivity contribution in [3.8, 4) is 11.5 Å². The number of carboxylic acid groups (broad SMARTS) is 1. The van der Waals surface area contributed by atoms with Crippen LogP contribution in [0.5, 0.6) is 11.5 Å². The highest BCUT2D eigenvalue weighted by molar-refractivity contribution is 7.80. The highest BCUT2D eigenvalue weighted by Gasteiger charge is 2.41. The van der Waals surface area contributed by atoms with Crippen LogP contribution in [0.25, 0.3) is 10.8 Å². The number of piperidine rings is 1. The van der Waals surface area contributed by atoms with Crippen molar-refractivity contribution in [1.82, 2.24) is 4.90 Å². The van der Waals surface area contributed by atoms with Gasteiger partial charge in [-0.25, -0.2) is 9.00 Å². The number of hydrogen-bond donors (Lipinski definition) is 4. The number of likely N-dealkylation sites (tertiary alicyclic amines) is 1. The second-order valence-corrected chi connectivity index (χ2v) is 10.0. The Hall–Kier alpha value is -4.16. The van der Waals surface area contributed by atoms with Crippen molar-refractivity contribution in [1.29, 1.82) is 5.41 Å². The molecule has 5 N–H and O–H groups in total. The first-order valence-corrected chi connectivity index (χ1v) is 13.2. The van der Waals surface area contributed by atoms with Crippen LogP contribution in [0, 0.1) is 5.41 Å². The van der Waals surface area contributed by atoms with Gasteiger partial charge in [0.15, 0.2) is 0 Å². The molecule has 0 bridgehead atoms. The van der Waals surface area contributed by atoms with Crippen molar-refractivity contribution in [2.24, 2.45) is 5.73 Å². The second-order valence-electron chi connectivity index (χ2n) is 9.15. The first kappa shape index (κ1) is 27.9. The van der Waals surface area contributed by atoms with Gasteiger partial charge in [-0.1, -0.05) is 30.3 Å². The third-order valence-corrected chi connectivity index (χ3v) is 7.64. The molecule has 1 fully saturated rings. The Balaban J connectivity index is 1.67. The molecule has 3 aromatic rings. The van der Waals surface area contributed by atoms with E-state index in [0.29, 0.717) is 34.4 Å². The SMILES string of the molecule is COc1ccc2cc(N(C3CCCN(C(Cc4ccc(C(=N)N)cc4)C(=O)O)C3=O)S(=O)O)cc(OC)c2c1. The van der Waals surface area contributed by atoms with Crippen LogP contribution in [-0.4, -0.2) is 69.3 Å². The minimum atomic E-state index is -2.59. The predicted octanol–water partition coefficient (Wildman–Crippen LogP) is 2.77. The molecule has 0 radical (unpaired) electrons. The number of fused-ring (bicyclic) bond motifs is 1. The summed E-state index contributed by atoms with van der Waals surface area (Å²) < 4.78 is 34.9. The smallest absolute Gasteiger partial charge is 0.326 e. The number of hydrogen-bond acceptors (Lipinski definition) is 6. The summed E-state index contributed by atoms with van der Waals surface area (Å²) in [4.78, 5) is 27.3. The van der Waals surface area contributed by atoms with E-state index >= 15 is 0 Å². The van der Waals surface area contributed by atoms with Gasteiger partial charge in [0.05, 0.1) is 19.9 Å². The van der Waals surface area contributed by atoms with Crippen LogP contribution < -0.4 is 19.5 Å². The summed E-state index contributed by atoms with van der Waals surface area (Å²) in [6.45, 7) is 0.199. The van der Waals surface area contributed by atoms with E-state index in [-0.39, 0.29) is 30.9 Å². The fourth-order valence-electron chi connectivity index (χ4n) is 4.87. The van der Waals surface area contributed by atoms with E-state index < -0.39 is 35.2 Å². The maximum absolute atomic E-state index is 13.7. The number of benzene rings is 3. The molecule has 206 valence electrons. The zero-order valence-electron chi connectivity index (χ0n) is 21.5. The molecular weight excluding hydrogens is 524 g/mol. The summed E-state index contributed by atoms with van der Waals surface area (Å²) in [5, 5.41) is 19.0. The van der Waals surface area contributed by atoms with Gasteiger partial charge in [0, 0.05) is 30.0 Å². The Labute approximate surface area is 228 Å². The molecule has 0 aromatic heterocycles. The quantitative estimate of drug-likeness (QED) is 0.169. The lowest BCUT2D eigenvalue weighted by Gasteiger charge is -2.40. The van der Waals surface area contributed by atoms with Crippen molar-refractivity contribution in [2.75, 3.05) is 25.1 Å². The molecule has 1 saturated heterocycles. The minimum Gasteiger partial charge on any atom is -0.497 e. The van der Waals surface area contributed by atoms with Crippen molar-refractivity contribution in [2.45, 2.75) is 31.3 Å². The molecule has 1 amide bonds. The highest BCUT2D eigenvalue weighted by Crippen LogP contribution is 2.36. The van der Waals surface area contributed by atoms with Crippen LogP contribution >= 0.6 is 0 Å². The first-order valence-electron chi connectivity index (χ1n) is 12.2. The molecule has 4 rings (SSSR count). The number of anilines is 1. The molecule has 1 aliphatic rings. The Morgan fingerprint density at radius 1 is 1.18 bits per heavy atom. The summed E-state index contributed by atoms with van der Waals surface area (Å²) in [5.74, 6) is -0.797. The van der Waals surface area contributed by atoms with E-state index in [1.54, 1.807) is 61.7 Å². The van der Waals surface area contributed by atoms with Gasteiger partial charge in [-0.05, 0) is 42.0 Å². The summed E-state index contributed by atoms with van der Waals surface area (Å²) in [5.41, 5.74) is 6.95. The number of nitrogens with two attached hydrogens (primary N) is 1. The Morgan fingerprint density at radius 3 is 2.49 bits per heavy atom. The molecule has 0 aliphatic carbocycles. The molecule has 3 unspecified atom stereocenters. The summed E-state index contributed by atoms with van der Waals surface area (Å²) >= 11 is -2.59. The maximum Gasteiger partial charge on any atom is 0.326 e. The van der Waals surface area contributed by atoms with Crippen molar-refractivity contribution in [3.63, 3.8) is 0 Å². The fourth-order valence-corrected chi connectivity index (χ4v) is 5.57. The van der Waals surface area contributed by atoms with Gasteiger partial charge in [0.25, 0.3) is 11.3 Å². The molecule has 0 saturated carbocycles. The number of methoxy groups -OCH3 is 2. The lowest BCUT2D eigenvalue weighted by molar-refractivity contribution is -0.152.